The van der Waals surface area contributed by atoms with Crippen molar-refractivity contribution >= 4 is 35.1 Å². The van der Waals surface area contributed by atoms with Gasteiger partial charge >= 0.3 is 6.18 Å². The zero-order valence-electron chi connectivity index (χ0n) is 17.8. The predicted octanol–water partition coefficient (Wildman–Crippen LogP) is 6.59. The number of carbonyl (C=O) groups excluding carboxylic acids is 1. The van der Waals surface area contributed by atoms with E-state index in [4.69, 9.17) is 16.3 Å². The Morgan fingerprint density at radius 1 is 1.09 bits per heavy atom. The van der Waals surface area contributed by atoms with Gasteiger partial charge in [-0.15, -0.1) is 0 Å². The van der Waals surface area contributed by atoms with Crippen LogP contribution >= 0.6 is 23.5 Å². The molecule has 1 aliphatic rings. The highest BCUT2D eigenvalue weighted by Gasteiger charge is 2.32. The zero-order valence-corrected chi connectivity index (χ0v) is 19.4. The minimum atomic E-state index is -4.72. The predicted molar refractivity (Wildman–Crippen MR) is 122 cm³/mol. The number of fused-ring (bicyclic) bond motifs is 6. The second kappa shape index (κ2) is 9.46. The summed E-state index contributed by atoms with van der Waals surface area (Å²) in [6.45, 7) is -0.113. The van der Waals surface area contributed by atoms with Crippen LogP contribution in [0.2, 0.25) is 5.02 Å². The Labute approximate surface area is 205 Å². The molecule has 1 aliphatic heterocycles. The topological polar surface area (TPSA) is 61.8 Å². The summed E-state index contributed by atoms with van der Waals surface area (Å²) in [6, 6.07) is 6.68. The largest absolute Gasteiger partial charge is 0.505 e. The Morgan fingerprint density at radius 3 is 2.54 bits per heavy atom. The molecular formula is C23H16ClF5N2O3S. The quantitative estimate of drug-likeness (QED) is 0.253. The number of halogens is 6. The molecule has 0 atom stereocenters. The van der Waals surface area contributed by atoms with Gasteiger partial charge < -0.3 is 19.5 Å². The number of amides is 1. The molecule has 5 nitrogen and oxygen atoms in total. The summed E-state index contributed by atoms with van der Waals surface area (Å²) < 4.78 is 77.6. The van der Waals surface area contributed by atoms with Crippen LogP contribution in [0.4, 0.5) is 27.6 Å². The van der Waals surface area contributed by atoms with E-state index in [9.17, 15) is 31.9 Å². The first-order valence-corrected chi connectivity index (χ1v) is 11.2. The number of phenols is 1. The summed E-state index contributed by atoms with van der Waals surface area (Å²) in [4.78, 5) is 14.2. The van der Waals surface area contributed by atoms with Gasteiger partial charge in [-0.1, -0.05) is 11.6 Å². The lowest BCUT2D eigenvalue weighted by Gasteiger charge is -2.20. The maximum absolute atomic E-state index is 14.8. The smallest absolute Gasteiger partial charge is 0.416 e. The van der Waals surface area contributed by atoms with Gasteiger partial charge in [-0.05, 0) is 48.3 Å². The fraction of sp³-hybridized carbons (Fsp3) is 0.174. The Hall–Kier alpha value is -3.18. The highest BCUT2D eigenvalue weighted by atomic mass is 35.5. The SMILES string of the molecule is CN1CCOc2ccc(C(F)(F)F)cc2-c2cc(c(F)cc2F)NSc2cc(cc(Cl)c2O)C1=O. The maximum Gasteiger partial charge on any atom is 0.416 e. The van der Waals surface area contributed by atoms with E-state index in [2.05, 4.69) is 4.72 Å². The third-order valence-corrected chi connectivity index (χ3v) is 6.37. The van der Waals surface area contributed by atoms with Gasteiger partial charge in [0.15, 0.2) is 0 Å². The number of nitrogens with one attached hydrogen (secondary N) is 1. The lowest BCUT2D eigenvalue weighted by atomic mass is 10.00. The molecule has 0 saturated carbocycles. The number of benzene rings is 3. The van der Waals surface area contributed by atoms with E-state index in [0.29, 0.717) is 24.1 Å². The number of aromatic hydroxyl groups is 1. The van der Waals surface area contributed by atoms with Gasteiger partial charge in [0, 0.05) is 29.8 Å². The highest BCUT2D eigenvalue weighted by molar-refractivity contribution is 8.00. The van der Waals surface area contributed by atoms with Crippen LogP contribution in [0.15, 0.2) is 47.4 Å². The minimum Gasteiger partial charge on any atom is -0.505 e. The fourth-order valence-electron chi connectivity index (χ4n) is 3.38. The first-order chi connectivity index (χ1) is 16.5. The zero-order chi connectivity index (χ0) is 25.5. The van der Waals surface area contributed by atoms with Crippen LogP contribution in [0, 0.1) is 11.6 Å². The molecule has 0 aliphatic carbocycles. The van der Waals surface area contributed by atoms with Crippen LogP contribution in [-0.2, 0) is 6.18 Å². The van der Waals surface area contributed by atoms with Crippen LogP contribution in [0.1, 0.15) is 15.9 Å². The van der Waals surface area contributed by atoms with Crippen LogP contribution in [-0.4, -0.2) is 36.1 Å². The molecule has 1 heterocycles. The van der Waals surface area contributed by atoms with Gasteiger partial charge in [0.25, 0.3) is 5.91 Å². The molecule has 0 unspecified atom stereocenters. The molecule has 12 heteroatoms. The molecule has 184 valence electrons. The van der Waals surface area contributed by atoms with E-state index in [1.165, 1.54) is 24.1 Å². The molecule has 0 aromatic heterocycles. The fourth-order valence-corrected chi connectivity index (χ4v) is 4.42. The van der Waals surface area contributed by atoms with Gasteiger partial charge in [0.05, 0.1) is 27.7 Å². The Bertz CT molecular complexity index is 1320. The van der Waals surface area contributed by atoms with Crippen LogP contribution < -0.4 is 9.46 Å². The van der Waals surface area contributed by atoms with E-state index < -0.39 is 29.3 Å². The van der Waals surface area contributed by atoms with Crippen molar-refractivity contribution in [2.45, 2.75) is 11.1 Å². The highest BCUT2D eigenvalue weighted by Crippen LogP contribution is 2.41. The van der Waals surface area contributed by atoms with Crippen molar-refractivity contribution in [2.24, 2.45) is 0 Å². The molecular weight excluding hydrogens is 515 g/mol. The minimum absolute atomic E-state index is 0.0235. The molecule has 1 amide bonds. The van der Waals surface area contributed by atoms with E-state index in [1.807, 2.05) is 0 Å². The first-order valence-electron chi connectivity index (χ1n) is 10.00. The van der Waals surface area contributed by atoms with Crippen molar-refractivity contribution in [2.75, 3.05) is 24.9 Å². The number of hydrogen-bond donors (Lipinski definition) is 2. The molecule has 0 spiro atoms. The van der Waals surface area contributed by atoms with Gasteiger partial charge in [-0.2, -0.15) is 13.2 Å². The molecule has 3 aromatic carbocycles. The molecule has 2 N–H and O–H groups in total. The summed E-state index contributed by atoms with van der Waals surface area (Å²) in [5.41, 5.74) is -1.79. The lowest BCUT2D eigenvalue weighted by molar-refractivity contribution is -0.137. The van der Waals surface area contributed by atoms with E-state index >= 15 is 0 Å². The van der Waals surface area contributed by atoms with Crippen LogP contribution in [0.25, 0.3) is 11.1 Å². The monoisotopic (exact) mass is 530 g/mol. The number of alkyl halides is 3. The summed E-state index contributed by atoms with van der Waals surface area (Å²) in [5.74, 6) is -3.07. The van der Waals surface area contributed by atoms with E-state index in [0.717, 1.165) is 18.2 Å². The second-order valence-corrected chi connectivity index (χ2v) is 8.86. The number of likely N-dealkylation sites (N-methyl/N-ethyl adjacent to an activating group) is 1. The maximum atomic E-state index is 14.8. The summed E-state index contributed by atoms with van der Waals surface area (Å²) in [6.07, 6.45) is -4.72. The normalized spacial score (nSPS) is 14.4. The third-order valence-electron chi connectivity index (χ3n) is 5.23. The number of ether oxygens (including phenoxy) is 1. The first kappa shape index (κ1) is 24.9. The molecule has 35 heavy (non-hydrogen) atoms. The molecule has 4 rings (SSSR count). The Balaban J connectivity index is 1.88. The summed E-state index contributed by atoms with van der Waals surface area (Å²) in [5, 5.41) is 10.2. The van der Waals surface area contributed by atoms with E-state index in [1.54, 1.807) is 0 Å². The number of nitrogens with zero attached hydrogens (tertiary/aromatic N) is 1. The van der Waals surface area contributed by atoms with Gasteiger partial charge in [-0.25, -0.2) is 8.78 Å². The van der Waals surface area contributed by atoms with Crippen molar-refractivity contribution in [1.29, 1.82) is 0 Å². The third kappa shape index (κ3) is 5.10. The van der Waals surface area contributed by atoms with Gasteiger partial charge in [0.2, 0.25) is 0 Å². The van der Waals surface area contributed by atoms with Crippen LogP contribution in [0.5, 0.6) is 11.5 Å². The van der Waals surface area contributed by atoms with Crippen molar-refractivity contribution in [1.82, 2.24) is 4.90 Å². The van der Waals surface area contributed by atoms with E-state index in [-0.39, 0.29) is 56.9 Å². The number of rotatable bonds is 0. The summed E-state index contributed by atoms with van der Waals surface area (Å²) in [7, 11) is 1.47. The summed E-state index contributed by atoms with van der Waals surface area (Å²) >= 11 is 6.74. The standard InChI is InChI=1S/C23H16ClF5N2O3S/c1-31-4-5-34-19-3-2-12(23(27,28)29)8-14(19)13-9-18(17(26)10-16(13)25)30-35-20-7-11(22(31)33)6-15(24)21(20)32/h2-3,6-10,30,32H,4-5H2,1H3. The molecule has 0 saturated heterocycles. The van der Waals surface area contributed by atoms with Gasteiger partial charge in [0.1, 0.15) is 29.7 Å². The molecule has 0 fully saturated rings. The number of anilines is 1. The van der Waals surface area contributed by atoms with Crippen molar-refractivity contribution < 1.29 is 36.6 Å². The Kier molecular flexibility index (Phi) is 6.74. The molecule has 4 bridgehead atoms. The molecule has 3 aromatic rings. The lowest BCUT2D eigenvalue weighted by Crippen LogP contribution is -2.31. The number of carbonyl (C=O) groups is 1. The number of phenolic OH excluding ortho intramolecular Hbond substituents is 1. The average Bonchev–Trinajstić information content (AvgIpc) is 2.79. The van der Waals surface area contributed by atoms with Gasteiger partial charge in [-0.3, -0.25) is 4.79 Å². The van der Waals surface area contributed by atoms with Crippen molar-refractivity contribution in [3.63, 3.8) is 0 Å². The van der Waals surface area contributed by atoms with Crippen molar-refractivity contribution in [3.8, 4) is 22.6 Å². The molecule has 0 radical (unpaired) electrons. The Morgan fingerprint density at radius 2 is 1.83 bits per heavy atom. The second-order valence-electron chi connectivity index (χ2n) is 7.60. The van der Waals surface area contributed by atoms with Crippen LogP contribution in [0.3, 0.4) is 0 Å². The van der Waals surface area contributed by atoms with Crippen molar-refractivity contribution in [3.05, 3.63) is 70.2 Å². The number of hydrogen-bond acceptors (Lipinski definition) is 5. The average molecular weight is 531 g/mol.